The molecule has 0 aliphatic carbocycles. The van der Waals surface area contributed by atoms with Gasteiger partial charge >= 0.3 is 0 Å². The van der Waals surface area contributed by atoms with Crippen LogP contribution in [0.1, 0.15) is 5.56 Å². The first-order valence-corrected chi connectivity index (χ1v) is 11.8. The van der Waals surface area contributed by atoms with Gasteiger partial charge in [0.2, 0.25) is 0 Å². The number of pyridine rings is 1. The molecule has 2 aromatic heterocycles. The molecule has 0 fully saturated rings. The average molecular weight is 507 g/mol. The fourth-order valence-corrected chi connectivity index (χ4v) is 3.65. The molecule has 2 aromatic carbocycles. The number of carbonyl (C=O) groups excluding carboxylic acids is 1. The van der Waals surface area contributed by atoms with Crippen LogP contribution in [-0.4, -0.2) is 60.9 Å². The molecule has 0 aliphatic rings. The normalized spacial score (nSPS) is 11.1. The number of aromatic nitrogens is 3. The molecule has 0 spiro atoms. The summed E-state index contributed by atoms with van der Waals surface area (Å²) in [5.74, 6) is 1.89. The van der Waals surface area contributed by atoms with E-state index in [-0.39, 0.29) is 12.5 Å². The molecule has 36 heavy (non-hydrogen) atoms. The number of nitrogens with one attached hydrogen (secondary N) is 3. The number of amides is 1. The number of hydrogen-bond donors (Lipinski definition) is 3. The third kappa shape index (κ3) is 6.31. The fraction of sp³-hybridized carbons (Fsp3) is 0.231. The van der Waals surface area contributed by atoms with E-state index in [1.165, 1.54) is 5.56 Å². The number of ether oxygens (including phenoxy) is 2. The van der Waals surface area contributed by atoms with Gasteiger partial charge in [0, 0.05) is 31.8 Å². The number of nitrogens with zero attached hydrogens (tertiary/aromatic N) is 3. The maximum absolute atomic E-state index is 11.4. The summed E-state index contributed by atoms with van der Waals surface area (Å²) in [5.41, 5.74) is 4.03. The monoisotopic (exact) mass is 506 g/mol. The summed E-state index contributed by atoms with van der Waals surface area (Å²) in [6, 6.07) is 15.2. The van der Waals surface area contributed by atoms with Crippen LogP contribution in [0.25, 0.3) is 22.6 Å². The number of aromatic amines is 1. The molecule has 9 nitrogen and oxygen atoms in total. The van der Waals surface area contributed by atoms with Gasteiger partial charge in [0.25, 0.3) is 5.91 Å². The van der Waals surface area contributed by atoms with Crippen LogP contribution in [0.2, 0.25) is 5.02 Å². The maximum Gasteiger partial charge on any atom is 0.257 e. The number of halogens is 1. The molecular weight excluding hydrogens is 480 g/mol. The van der Waals surface area contributed by atoms with E-state index in [4.69, 9.17) is 21.1 Å². The lowest BCUT2D eigenvalue weighted by Gasteiger charge is -2.07. The molecule has 0 aliphatic heterocycles. The molecule has 10 heteroatoms. The maximum atomic E-state index is 11.4. The molecule has 0 saturated carbocycles. The lowest BCUT2D eigenvalue weighted by atomic mass is 10.1. The van der Waals surface area contributed by atoms with Crippen molar-refractivity contribution in [3.05, 3.63) is 65.3 Å². The van der Waals surface area contributed by atoms with Gasteiger partial charge in [0.1, 0.15) is 22.8 Å². The SMILES string of the molecule is CNC(=O)COc1ccc(-c2nc3ncc(Cl)c(NCCN=CCc4ccc(OC)cc4)c3[nH]2)cc1. The second kappa shape index (κ2) is 12.0. The molecule has 0 unspecified atom stereocenters. The number of rotatable bonds is 11. The number of hydrogen-bond acceptors (Lipinski definition) is 7. The first kappa shape index (κ1) is 25.0. The Morgan fingerprint density at radius 2 is 1.89 bits per heavy atom. The van der Waals surface area contributed by atoms with Crippen molar-refractivity contribution < 1.29 is 14.3 Å². The zero-order chi connectivity index (χ0) is 25.3. The highest BCUT2D eigenvalue weighted by Gasteiger charge is 2.13. The topological polar surface area (TPSA) is 114 Å². The van der Waals surface area contributed by atoms with E-state index < -0.39 is 0 Å². The minimum Gasteiger partial charge on any atom is -0.497 e. The minimum atomic E-state index is -0.192. The van der Waals surface area contributed by atoms with Gasteiger partial charge < -0.3 is 25.1 Å². The van der Waals surface area contributed by atoms with Gasteiger partial charge in [0.05, 0.1) is 30.6 Å². The number of likely N-dealkylation sites (N-methyl/N-ethyl adjacent to an activating group) is 1. The zero-order valence-corrected chi connectivity index (χ0v) is 20.8. The van der Waals surface area contributed by atoms with Crippen LogP contribution in [0, 0.1) is 0 Å². The van der Waals surface area contributed by atoms with Gasteiger partial charge in [-0.25, -0.2) is 9.97 Å². The van der Waals surface area contributed by atoms with Crippen LogP contribution in [0.4, 0.5) is 5.69 Å². The fourth-order valence-electron chi connectivity index (χ4n) is 3.44. The van der Waals surface area contributed by atoms with Gasteiger partial charge in [-0.1, -0.05) is 23.7 Å². The van der Waals surface area contributed by atoms with Crippen molar-refractivity contribution in [2.75, 3.05) is 39.2 Å². The van der Waals surface area contributed by atoms with Gasteiger partial charge in [-0.15, -0.1) is 0 Å². The van der Waals surface area contributed by atoms with Gasteiger partial charge in [-0.3, -0.25) is 9.79 Å². The second-order valence-electron chi connectivity index (χ2n) is 7.82. The number of H-pyrrole nitrogens is 1. The van der Waals surface area contributed by atoms with Crippen LogP contribution in [0.3, 0.4) is 0 Å². The van der Waals surface area contributed by atoms with Crippen molar-refractivity contribution in [3.8, 4) is 22.9 Å². The Labute approximate surface area is 213 Å². The molecule has 3 N–H and O–H groups in total. The largest absolute Gasteiger partial charge is 0.497 e. The number of fused-ring (bicyclic) bond motifs is 1. The lowest BCUT2D eigenvalue weighted by Crippen LogP contribution is -2.24. The summed E-state index contributed by atoms with van der Waals surface area (Å²) in [4.78, 5) is 28.1. The standard InChI is InChI=1S/C26H27ClN6O3/c1-28-22(34)16-36-20-9-5-18(6-10-20)25-32-24-23(21(27)15-31-26(24)33-25)30-14-13-29-12-11-17-3-7-19(35-2)8-4-17/h3-10,12,15H,11,13-14,16H2,1-2H3,(H,28,34)(H2,30,31,32,33). The second-order valence-corrected chi connectivity index (χ2v) is 8.23. The van der Waals surface area contributed by atoms with Crippen molar-refractivity contribution in [2.45, 2.75) is 6.42 Å². The molecule has 2 heterocycles. The summed E-state index contributed by atoms with van der Waals surface area (Å²) < 4.78 is 10.6. The van der Waals surface area contributed by atoms with Crippen molar-refractivity contribution in [2.24, 2.45) is 4.99 Å². The summed E-state index contributed by atoms with van der Waals surface area (Å²) in [6.45, 7) is 1.15. The molecule has 1 amide bonds. The molecule has 0 bridgehead atoms. The Morgan fingerprint density at radius 1 is 1.14 bits per heavy atom. The van der Waals surface area contributed by atoms with Crippen LogP contribution in [-0.2, 0) is 11.2 Å². The third-order valence-electron chi connectivity index (χ3n) is 5.41. The number of carbonyl (C=O) groups is 1. The number of aliphatic imine (C=N–C) groups is 1. The Kier molecular flexibility index (Phi) is 8.36. The highest BCUT2D eigenvalue weighted by Crippen LogP contribution is 2.30. The van der Waals surface area contributed by atoms with E-state index in [1.54, 1.807) is 32.5 Å². The molecular formula is C26H27ClN6O3. The third-order valence-corrected chi connectivity index (χ3v) is 5.69. The van der Waals surface area contributed by atoms with E-state index in [9.17, 15) is 4.79 Å². The van der Waals surface area contributed by atoms with Crippen molar-refractivity contribution in [1.82, 2.24) is 20.3 Å². The van der Waals surface area contributed by atoms with E-state index in [0.717, 1.165) is 28.9 Å². The number of benzene rings is 2. The molecule has 4 rings (SSSR count). The van der Waals surface area contributed by atoms with Crippen molar-refractivity contribution in [1.29, 1.82) is 0 Å². The average Bonchev–Trinajstić information content (AvgIpc) is 3.35. The van der Waals surface area contributed by atoms with Crippen LogP contribution in [0.15, 0.2) is 59.7 Å². The number of anilines is 1. The van der Waals surface area contributed by atoms with E-state index in [2.05, 4.69) is 30.6 Å². The van der Waals surface area contributed by atoms with Crippen molar-refractivity contribution >= 4 is 40.6 Å². The summed E-state index contributed by atoms with van der Waals surface area (Å²) in [6.07, 6.45) is 4.24. The summed E-state index contributed by atoms with van der Waals surface area (Å²) in [5, 5.41) is 6.36. The van der Waals surface area contributed by atoms with Crippen molar-refractivity contribution in [3.63, 3.8) is 0 Å². The highest BCUT2D eigenvalue weighted by molar-refractivity contribution is 6.34. The number of imidazole rings is 1. The molecule has 186 valence electrons. The van der Waals surface area contributed by atoms with Gasteiger partial charge in [0.15, 0.2) is 12.3 Å². The van der Waals surface area contributed by atoms with Crippen LogP contribution in [0.5, 0.6) is 11.5 Å². The first-order valence-electron chi connectivity index (χ1n) is 11.4. The molecule has 0 atom stereocenters. The van der Waals surface area contributed by atoms with E-state index in [0.29, 0.717) is 35.3 Å². The van der Waals surface area contributed by atoms with Gasteiger partial charge in [-0.2, -0.15) is 0 Å². The predicted molar refractivity (Wildman–Crippen MR) is 142 cm³/mol. The number of methoxy groups -OCH3 is 1. The Bertz CT molecular complexity index is 1340. The summed E-state index contributed by atoms with van der Waals surface area (Å²) >= 11 is 6.43. The lowest BCUT2D eigenvalue weighted by molar-refractivity contribution is -0.122. The zero-order valence-electron chi connectivity index (χ0n) is 20.0. The Morgan fingerprint density at radius 3 is 2.61 bits per heavy atom. The molecule has 0 radical (unpaired) electrons. The van der Waals surface area contributed by atoms with Crippen LogP contribution < -0.4 is 20.1 Å². The highest BCUT2D eigenvalue weighted by atomic mass is 35.5. The van der Waals surface area contributed by atoms with Crippen LogP contribution >= 0.6 is 11.6 Å². The summed E-state index contributed by atoms with van der Waals surface area (Å²) in [7, 11) is 3.22. The minimum absolute atomic E-state index is 0.0382. The van der Waals surface area contributed by atoms with E-state index >= 15 is 0 Å². The molecule has 4 aromatic rings. The quantitative estimate of drug-likeness (QED) is 0.208. The Hall–Kier alpha value is -4.11. The van der Waals surface area contributed by atoms with E-state index in [1.807, 2.05) is 42.6 Å². The van der Waals surface area contributed by atoms with Gasteiger partial charge in [-0.05, 0) is 42.0 Å². The predicted octanol–water partition coefficient (Wildman–Crippen LogP) is 4.14. The molecule has 0 saturated heterocycles. The first-order chi connectivity index (χ1) is 17.6. The Balaban J connectivity index is 1.37. The smallest absolute Gasteiger partial charge is 0.257 e.